The summed E-state index contributed by atoms with van der Waals surface area (Å²) in [5.41, 5.74) is 0. The van der Waals surface area contributed by atoms with E-state index in [0.717, 1.165) is 51.9 Å². The van der Waals surface area contributed by atoms with Crippen LogP contribution in [0.5, 0.6) is 0 Å². The zero-order chi connectivity index (χ0) is 14.1. The van der Waals surface area contributed by atoms with E-state index >= 15 is 0 Å². The lowest BCUT2D eigenvalue weighted by atomic mass is 10.0. The summed E-state index contributed by atoms with van der Waals surface area (Å²) in [6.45, 7) is 15.1. The summed E-state index contributed by atoms with van der Waals surface area (Å²) in [4.78, 5) is 7.22. The predicted molar refractivity (Wildman–Crippen MR) is 96.1 cm³/mol. The van der Waals surface area contributed by atoms with Gasteiger partial charge in [-0.25, -0.2) is 0 Å². The number of nitrogens with one attached hydrogen (secondary N) is 2. The van der Waals surface area contributed by atoms with Gasteiger partial charge in [0.15, 0.2) is 5.96 Å². The highest BCUT2D eigenvalue weighted by atomic mass is 127. The molecule has 0 aromatic rings. The average Bonchev–Trinajstić information content (AvgIpc) is 2.40. The lowest BCUT2D eigenvalue weighted by Crippen LogP contribution is -2.48. The molecule has 0 aromatic heterocycles. The third-order valence-corrected chi connectivity index (χ3v) is 3.41. The Morgan fingerprint density at radius 1 is 1.15 bits per heavy atom. The van der Waals surface area contributed by atoms with Crippen LogP contribution in [-0.2, 0) is 4.74 Å². The Bertz CT molecular complexity index is 260. The van der Waals surface area contributed by atoms with Crippen LogP contribution in [0.3, 0.4) is 0 Å². The van der Waals surface area contributed by atoms with Crippen LogP contribution in [0.2, 0.25) is 0 Å². The summed E-state index contributed by atoms with van der Waals surface area (Å²) in [6, 6.07) is 0.496. The van der Waals surface area contributed by atoms with Gasteiger partial charge in [0, 0.05) is 32.2 Å². The molecule has 0 aromatic carbocycles. The zero-order valence-electron chi connectivity index (χ0n) is 13.3. The monoisotopic (exact) mass is 398 g/mol. The maximum atomic E-state index is 5.43. The van der Waals surface area contributed by atoms with Crippen molar-refractivity contribution in [3.63, 3.8) is 0 Å². The number of nitrogens with zero attached hydrogens (tertiary/aromatic N) is 2. The standard InChI is InChI=1S/C14H30N4O.HI/c1-5-15-14(16-6-2)17-11-13(12(3)4)18-7-9-19-10-8-18;/h12-13H,5-11H2,1-4H3,(H2,15,16,17);1H. The predicted octanol–water partition coefficient (Wildman–Crippen LogP) is 1.54. The molecule has 0 aliphatic carbocycles. The van der Waals surface area contributed by atoms with E-state index in [1.54, 1.807) is 0 Å². The molecule has 5 nitrogen and oxygen atoms in total. The number of guanidine groups is 1. The Morgan fingerprint density at radius 3 is 2.15 bits per heavy atom. The van der Waals surface area contributed by atoms with E-state index in [0.29, 0.717) is 12.0 Å². The molecule has 6 heteroatoms. The Hall–Kier alpha value is -0.0800. The van der Waals surface area contributed by atoms with Crippen LogP contribution in [0.15, 0.2) is 4.99 Å². The smallest absolute Gasteiger partial charge is 0.191 e. The quantitative estimate of drug-likeness (QED) is 0.405. The molecule has 1 aliphatic heterocycles. The van der Waals surface area contributed by atoms with E-state index in [1.165, 1.54) is 0 Å². The topological polar surface area (TPSA) is 48.9 Å². The van der Waals surface area contributed by atoms with Crippen LogP contribution >= 0.6 is 24.0 Å². The van der Waals surface area contributed by atoms with Gasteiger partial charge >= 0.3 is 0 Å². The van der Waals surface area contributed by atoms with Crippen LogP contribution in [0.4, 0.5) is 0 Å². The number of rotatable bonds is 6. The summed E-state index contributed by atoms with van der Waals surface area (Å²) < 4.78 is 5.43. The molecule has 0 bridgehead atoms. The summed E-state index contributed by atoms with van der Waals surface area (Å²) >= 11 is 0. The molecule has 120 valence electrons. The molecule has 1 rings (SSSR count). The molecule has 1 unspecified atom stereocenters. The highest BCUT2D eigenvalue weighted by Gasteiger charge is 2.23. The Morgan fingerprint density at radius 2 is 1.70 bits per heavy atom. The highest BCUT2D eigenvalue weighted by molar-refractivity contribution is 14.0. The average molecular weight is 398 g/mol. The van der Waals surface area contributed by atoms with Gasteiger partial charge in [0.2, 0.25) is 0 Å². The van der Waals surface area contributed by atoms with Crippen molar-refractivity contribution in [2.75, 3.05) is 45.9 Å². The van der Waals surface area contributed by atoms with E-state index in [4.69, 9.17) is 9.73 Å². The minimum Gasteiger partial charge on any atom is -0.379 e. The number of halogens is 1. The summed E-state index contributed by atoms with van der Waals surface area (Å²) in [6.07, 6.45) is 0. The first-order valence-corrected chi connectivity index (χ1v) is 7.53. The van der Waals surface area contributed by atoms with Crippen molar-refractivity contribution in [1.29, 1.82) is 0 Å². The molecule has 20 heavy (non-hydrogen) atoms. The third-order valence-electron chi connectivity index (χ3n) is 3.41. The molecule has 2 N–H and O–H groups in total. The summed E-state index contributed by atoms with van der Waals surface area (Å²) in [5, 5.41) is 6.55. The number of aliphatic imine (C=N–C) groups is 1. The highest BCUT2D eigenvalue weighted by Crippen LogP contribution is 2.13. The summed E-state index contributed by atoms with van der Waals surface area (Å²) in [5.74, 6) is 1.52. The molecule has 0 radical (unpaired) electrons. The van der Waals surface area contributed by atoms with E-state index in [2.05, 4.69) is 43.2 Å². The van der Waals surface area contributed by atoms with Crippen molar-refractivity contribution in [3.05, 3.63) is 0 Å². The largest absolute Gasteiger partial charge is 0.379 e. The van der Waals surface area contributed by atoms with Gasteiger partial charge in [-0.1, -0.05) is 13.8 Å². The van der Waals surface area contributed by atoms with Crippen molar-refractivity contribution in [2.45, 2.75) is 33.7 Å². The Labute approximate surface area is 140 Å². The van der Waals surface area contributed by atoms with Crippen molar-refractivity contribution in [2.24, 2.45) is 10.9 Å². The normalized spacial score (nSPS) is 17.2. The van der Waals surface area contributed by atoms with Crippen LogP contribution in [0, 0.1) is 5.92 Å². The molecular formula is C14H31IN4O. The fourth-order valence-corrected chi connectivity index (χ4v) is 2.35. The van der Waals surface area contributed by atoms with Gasteiger partial charge < -0.3 is 15.4 Å². The van der Waals surface area contributed by atoms with E-state index in [1.807, 2.05) is 0 Å². The second-order valence-electron chi connectivity index (χ2n) is 5.21. The molecule has 1 fully saturated rings. The van der Waals surface area contributed by atoms with Gasteiger partial charge in [0.25, 0.3) is 0 Å². The van der Waals surface area contributed by atoms with Gasteiger partial charge in [-0.05, 0) is 19.8 Å². The van der Waals surface area contributed by atoms with Gasteiger partial charge in [-0.3, -0.25) is 9.89 Å². The molecule has 0 amide bonds. The molecule has 1 saturated heterocycles. The van der Waals surface area contributed by atoms with Gasteiger partial charge in [0.1, 0.15) is 0 Å². The van der Waals surface area contributed by atoms with Crippen LogP contribution in [0.1, 0.15) is 27.7 Å². The minimum absolute atomic E-state index is 0. The zero-order valence-corrected chi connectivity index (χ0v) is 15.6. The summed E-state index contributed by atoms with van der Waals surface area (Å²) in [7, 11) is 0. The lowest BCUT2D eigenvalue weighted by Gasteiger charge is -2.36. The van der Waals surface area contributed by atoms with Gasteiger partial charge in [-0.15, -0.1) is 24.0 Å². The van der Waals surface area contributed by atoms with Crippen molar-refractivity contribution >= 4 is 29.9 Å². The maximum Gasteiger partial charge on any atom is 0.191 e. The van der Waals surface area contributed by atoms with Crippen LogP contribution < -0.4 is 10.6 Å². The van der Waals surface area contributed by atoms with E-state index in [9.17, 15) is 0 Å². The third kappa shape index (κ3) is 7.08. The second kappa shape index (κ2) is 11.6. The fourth-order valence-electron chi connectivity index (χ4n) is 2.35. The molecule has 0 saturated carbocycles. The first kappa shape index (κ1) is 19.9. The van der Waals surface area contributed by atoms with Crippen molar-refractivity contribution in [3.8, 4) is 0 Å². The molecule has 1 atom stereocenters. The first-order chi connectivity index (χ1) is 9.19. The van der Waals surface area contributed by atoms with Gasteiger partial charge in [0.05, 0.1) is 19.8 Å². The Kier molecular flexibility index (Phi) is 11.5. The van der Waals surface area contributed by atoms with Crippen molar-refractivity contribution in [1.82, 2.24) is 15.5 Å². The van der Waals surface area contributed by atoms with Crippen LogP contribution in [0.25, 0.3) is 0 Å². The fraction of sp³-hybridized carbons (Fsp3) is 0.929. The van der Waals surface area contributed by atoms with Gasteiger partial charge in [-0.2, -0.15) is 0 Å². The number of ether oxygens (including phenoxy) is 1. The molecule has 1 aliphatic rings. The van der Waals surface area contributed by atoms with E-state index < -0.39 is 0 Å². The number of hydrogen-bond acceptors (Lipinski definition) is 3. The second-order valence-corrected chi connectivity index (χ2v) is 5.21. The maximum absolute atomic E-state index is 5.43. The molecule has 1 heterocycles. The minimum atomic E-state index is 0. The van der Waals surface area contributed by atoms with E-state index in [-0.39, 0.29) is 24.0 Å². The SMILES string of the molecule is CCNC(=NCC(C(C)C)N1CCOCC1)NCC.I. The number of morpholine rings is 1. The van der Waals surface area contributed by atoms with Crippen molar-refractivity contribution < 1.29 is 4.74 Å². The first-order valence-electron chi connectivity index (χ1n) is 7.53. The molecule has 0 spiro atoms. The molecular weight excluding hydrogens is 367 g/mol. The number of hydrogen-bond donors (Lipinski definition) is 2. The van der Waals surface area contributed by atoms with Crippen LogP contribution in [-0.4, -0.2) is 62.8 Å². The lowest BCUT2D eigenvalue weighted by molar-refractivity contribution is 0.00867. The Balaban J connectivity index is 0.00000361.